The van der Waals surface area contributed by atoms with E-state index in [-0.39, 0.29) is 49.0 Å². The number of ether oxygens (including phenoxy) is 6. The highest BCUT2D eigenvalue weighted by Gasteiger charge is 2.48. The summed E-state index contributed by atoms with van der Waals surface area (Å²) in [6, 6.07) is 10.2. The van der Waals surface area contributed by atoms with Crippen molar-refractivity contribution in [3.8, 4) is 0 Å². The van der Waals surface area contributed by atoms with Crippen LogP contribution >= 0.6 is 11.8 Å². The van der Waals surface area contributed by atoms with Crippen LogP contribution in [0.3, 0.4) is 0 Å². The van der Waals surface area contributed by atoms with Crippen molar-refractivity contribution in [2.45, 2.75) is 112 Å². The monoisotopic (exact) mass is 542 g/mol. The second-order valence-electron chi connectivity index (χ2n) is 11.0. The predicted molar refractivity (Wildman–Crippen MR) is 148 cm³/mol. The summed E-state index contributed by atoms with van der Waals surface area (Å²) in [6.07, 6.45) is 16.1. The van der Waals surface area contributed by atoms with Crippen LogP contribution < -0.4 is 0 Å². The molecule has 0 saturated carbocycles. The summed E-state index contributed by atoms with van der Waals surface area (Å²) in [4.78, 5) is -0.431. The maximum Gasteiger partial charge on any atom is 0.184 e. The maximum atomic E-state index is 7.19. The third-order valence-electron chi connectivity index (χ3n) is 8.43. The molecule has 7 heteroatoms. The van der Waals surface area contributed by atoms with Crippen LogP contribution in [-0.2, 0) is 28.4 Å². The lowest BCUT2D eigenvalue weighted by atomic mass is 9.93. The largest absolute Gasteiger partial charge is 0.376 e. The lowest BCUT2D eigenvalue weighted by Crippen LogP contribution is -2.54. The molecule has 6 rings (SSSR count). The molecule has 0 bridgehead atoms. The number of hydrogen-bond acceptors (Lipinski definition) is 7. The van der Waals surface area contributed by atoms with Gasteiger partial charge in [-0.3, -0.25) is 0 Å². The Labute approximate surface area is 231 Å². The van der Waals surface area contributed by atoms with Crippen LogP contribution in [0.1, 0.15) is 70.1 Å². The minimum Gasteiger partial charge on any atom is -0.376 e. The molecule has 1 aromatic carbocycles. The minimum absolute atomic E-state index is 0.0573. The molecule has 5 aliphatic rings. The first-order valence-corrected chi connectivity index (χ1v) is 15.6. The first-order chi connectivity index (χ1) is 18.7. The molecule has 3 fully saturated rings. The zero-order chi connectivity index (χ0) is 25.8. The summed E-state index contributed by atoms with van der Waals surface area (Å²) in [5, 5.41) is 0. The van der Waals surface area contributed by atoms with Gasteiger partial charge in [-0.2, -0.15) is 0 Å². The van der Waals surface area contributed by atoms with E-state index in [1.807, 2.05) is 30.0 Å². The van der Waals surface area contributed by atoms with Gasteiger partial charge in [0.25, 0.3) is 0 Å². The van der Waals surface area contributed by atoms with Gasteiger partial charge in [-0.25, -0.2) is 0 Å². The molecule has 5 heterocycles. The molecule has 1 aromatic rings. The molecule has 0 unspecified atom stereocenters. The van der Waals surface area contributed by atoms with E-state index in [9.17, 15) is 0 Å². The van der Waals surface area contributed by atoms with Crippen LogP contribution in [0.4, 0.5) is 0 Å². The highest BCUT2D eigenvalue weighted by atomic mass is 32.2. The van der Waals surface area contributed by atoms with E-state index in [2.05, 4.69) is 43.4 Å². The second kappa shape index (κ2) is 12.5. The van der Waals surface area contributed by atoms with Crippen molar-refractivity contribution in [3.05, 3.63) is 60.2 Å². The average molecular weight is 543 g/mol. The topological polar surface area (TPSA) is 55.4 Å². The van der Waals surface area contributed by atoms with Crippen LogP contribution in [0.15, 0.2) is 54.6 Å². The molecular formula is C31H42O6S. The van der Waals surface area contributed by atoms with Gasteiger partial charge in [0, 0.05) is 12.2 Å². The van der Waals surface area contributed by atoms with Gasteiger partial charge >= 0.3 is 0 Å². The lowest BCUT2D eigenvalue weighted by molar-refractivity contribution is -0.280. The summed E-state index contributed by atoms with van der Waals surface area (Å²) in [7, 11) is 0. The Bertz CT molecular complexity index is 955. The highest BCUT2D eigenvalue weighted by molar-refractivity contribution is 8.00. The molecule has 0 N–H and O–H groups in total. The van der Waals surface area contributed by atoms with E-state index >= 15 is 0 Å². The van der Waals surface area contributed by atoms with Gasteiger partial charge in [0.15, 0.2) is 6.29 Å². The molecule has 5 aliphatic heterocycles. The molecule has 208 valence electrons. The van der Waals surface area contributed by atoms with E-state index in [1.165, 1.54) is 0 Å². The van der Waals surface area contributed by atoms with E-state index < -0.39 is 4.93 Å². The zero-order valence-electron chi connectivity index (χ0n) is 22.5. The zero-order valence-corrected chi connectivity index (χ0v) is 23.3. The van der Waals surface area contributed by atoms with Crippen molar-refractivity contribution in [2.75, 3.05) is 19.0 Å². The van der Waals surface area contributed by atoms with Crippen molar-refractivity contribution in [3.63, 3.8) is 0 Å². The summed E-state index contributed by atoms with van der Waals surface area (Å²) >= 11 is 1.89. The maximum absolute atomic E-state index is 7.19. The van der Waals surface area contributed by atoms with Crippen LogP contribution in [-0.4, -0.2) is 66.6 Å². The van der Waals surface area contributed by atoms with Crippen LogP contribution in [0.25, 0.3) is 0 Å². The van der Waals surface area contributed by atoms with E-state index in [4.69, 9.17) is 28.4 Å². The van der Waals surface area contributed by atoms with Gasteiger partial charge < -0.3 is 28.4 Å². The standard InChI is InChI=1S/C31H42O6S/c1-2-38-31-19-9-16-23-24(17-10-20-32-23)35-29(31)18-8-15-25-27(37-31)14-7-6-13-26-28(34-25)21-33-30(36-26)22-11-4-3-5-12-22/h3-8,11-12,18,23-30H,2,9-10,13-17,19-21H2,1H3/b7-6-,18-8-/t23-,24+,25+,26+,27-,28-,29-,30-,31-/m1/s1. The fourth-order valence-corrected chi connectivity index (χ4v) is 7.78. The van der Waals surface area contributed by atoms with E-state index in [0.29, 0.717) is 6.61 Å². The quantitative estimate of drug-likeness (QED) is 0.427. The molecule has 0 spiro atoms. The molecule has 0 aromatic heterocycles. The number of thioether (sulfide) groups is 1. The number of rotatable bonds is 3. The van der Waals surface area contributed by atoms with Crippen LogP contribution in [0.5, 0.6) is 0 Å². The van der Waals surface area contributed by atoms with Gasteiger partial charge in [0.1, 0.15) is 17.1 Å². The SMILES string of the molecule is CCS[C@]12CCC[C@H]3OCCC[C@@H]3O[C@@H]1/C=C\C[C@@H]1O[C@@H]3CO[C@@H](c4ccccc4)O[C@H]3C/C=C\C[C@H]1O2. The highest BCUT2D eigenvalue weighted by Crippen LogP contribution is 2.45. The molecule has 0 radical (unpaired) electrons. The van der Waals surface area contributed by atoms with Crippen molar-refractivity contribution < 1.29 is 28.4 Å². The second-order valence-corrected chi connectivity index (χ2v) is 12.6. The van der Waals surface area contributed by atoms with Crippen molar-refractivity contribution in [2.24, 2.45) is 0 Å². The van der Waals surface area contributed by atoms with Gasteiger partial charge in [-0.1, -0.05) is 61.6 Å². The summed E-state index contributed by atoms with van der Waals surface area (Å²) < 4.78 is 39.5. The molecule has 38 heavy (non-hydrogen) atoms. The first-order valence-electron chi connectivity index (χ1n) is 14.6. The Kier molecular flexibility index (Phi) is 8.92. The Morgan fingerprint density at radius 1 is 0.789 bits per heavy atom. The van der Waals surface area contributed by atoms with Crippen molar-refractivity contribution in [1.82, 2.24) is 0 Å². The minimum atomic E-state index is -0.431. The van der Waals surface area contributed by atoms with Crippen molar-refractivity contribution in [1.29, 1.82) is 0 Å². The third-order valence-corrected chi connectivity index (χ3v) is 9.74. The van der Waals surface area contributed by atoms with Crippen LogP contribution in [0, 0.1) is 0 Å². The normalized spacial score (nSPS) is 43.5. The average Bonchev–Trinajstić information content (AvgIpc) is 3.01. The van der Waals surface area contributed by atoms with Crippen molar-refractivity contribution >= 4 is 11.8 Å². The van der Waals surface area contributed by atoms with E-state index in [1.54, 1.807) is 0 Å². The smallest absolute Gasteiger partial charge is 0.184 e. The molecular weight excluding hydrogens is 500 g/mol. The summed E-state index contributed by atoms with van der Waals surface area (Å²) in [5.41, 5.74) is 1.05. The fourth-order valence-electron chi connectivity index (χ4n) is 6.51. The Hall–Kier alpha value is -1.19. The fraction of sp³-hybridized carbons (Fsp3) is 0.677. The predicted octanol–water partition coefficient (Wildman–Crippen LogP) is 6.12. The number of fused-ring (bicyclic) bond motifs is 4. The number of hydrogen-bond donors (Lipinski definition) is 0. The van der Waals surface area contributed by atoms with Crippen LogP contribution in [0.2, 0.25) is 0 Å². The summed E-state index contributed by atoms with van der Waals surface area (Å²) in [5.74, 6) is 0.972. The van der Waals surface area contributed by atoms with Gasteiger partial charge in [0.2, 0.25) is 0 Å². The van der Waals surface area contributed by atoms with Gasteiger partial charge in [-0.15, -0.1) is 11.8 Å². The molecule has 6 nitrogen and oxygen atoms in total. The molecule has 9 atom stereocenters. The Morgan fingerprint density at radius 2 is 1.58 bits per heavy atom. The Morgan fingerprint density at radius 3 is 2.45 bits per heavy atom. The lowest BCUT2D eigenvalue weighted by Gasteiger charge is -2.48. The molecule has 3 saturated heterocycles. The first kappa shape index (κ1) is 27.0. The van der Waals surface area contributed by atoms with Gasteiger partial charge in [0.05, 0.1) is 37.1 Å². The molecule has 0 amide bonds. The summed E-state index contributed by atoms with van der Waals surface area (Å²) in [6.45, 7) is 3.58. The van der Waals surface area contributed by atoms with Gasteiger partial charge in [-0.05, 0) is 57.1 Å². The van der Waals surface area contributed by atoms with E-state index in [0.717, 1.165) is 69.3 Å². The molecule has 0 aliphatic carbocycles. The Balaban J connectivity index is 1.22. The third kappa shape index (κ3) is 5.95. The number of benzene rings is 1.